The SMILES string of the molecule is CC(C)(C)c1ccc(N2B3c4cc(C(C)(C)C)ccc4N(c4ccc(C(C)(C)C)cc4)c4cc5ccccc5c(c43)-c3ccc4c(oc5ccccc54)c32)cc1. The standard InChI is InChI=1S/C52H49BN2O/c1-50(2,3)33-18-23-36(24-19-33)54-43-29-22-35(52(7,8)9)31-42(43)53-47-44(54)30-32-14-10-11-15-38(32)46(47)41-28-27-40-39-16-12-13-17-45(39)56-49(40)48(41)55(53)37-25-20-34(21-26-37)51(4,5)6/h10-31H,1-9H3. The molecule has 56 heavy (non-hydrogen) atoms. The Hall–Kier alpha value is -5.74. The maximum Gasteiger partial charge on any atom is 0.333 e. The molecule has 0 saturated heterocycles. The molecule has 3 nitrogen and oxygen atoms in total. The number of para-hydroxylation sites is 1. The van der Waals surface area contributed by atoms with Crippen molar-refractivity contribution in [2.45, 2.75) is 78.6 Å². The maximum absolute atomic E-state index is 6.99. The Morgan fingerprint density at radius 1 is 0.500 bits per heavy atom. The Kier molecular flexibility index (Phi) is 7.37. The fraction of sp³-hybridized carbons (Fsp3) is 0.231. The van der Waals surface area contributed by atoms with Crippen molar-refractivity contribution in [3.8, 4) is 11.1 Å². The first kappa shape index (κ1) is 34.7. The van der Waals surface area contributed by atoms with Crippen LogP contribution in [0.25, 0.3) is 43.8 Å². The highest BCUT2D eigenvalue weighted by atomic mass is 16.3. The van der Waals surface area contributed by atoms with Gasteiger partial charge in [-0.3, -0.25) is 0 Å². The van der Waals surface area contributed by atoms with Crippen LogP contribution in [0, 0.1) is 0 Å². The monoisotopic (exact) mass is 728 g/mol. The van der Waals surface area contributed by atoms with Crippen LogP contribution in [0.2, 0.25) is 0 Å². The van der Waals surface area contributed by atoms with Crippen LogP contribution in [0.1, 0.15) is 79.0 Å². The van der Waals surface area contributed by atoms with Gasteiger partial charge in [-0.05, 0) is 109 Å². The number of furan rings is 1. The number of nitrogens with zero attached hydrogens (tertiary/aromatic N) is 2. The van der Waals surface area contributed by atoms with Gasteiger partial charge in [0.25, 0.3) is 0 Å². The van der Waals surface area contributed by atoms with Gasteiger partial charge in [0, 0.05) is 39.1 Å². The summed E-state index contributed by atoms with van der Waals surface area (Å²) >= 11 is 0. The van der Waals surface area contributed by atoms with E-state index in [1.165, 1.54) is 66.6 Å². The number of hydrogen-bond acceptors (Lipinski definition) is 3. The molecule has 2 aliphatic heterocycles. The zero-order chi connectivity index (χ0) is 38.9. The fourth-order valence-corrected chi connectivity index (χ4v) is 9.23. The van der Waals surface area contributed by atoms with Crippen molar-refractivity contribution in [3.05, 3.63) is 150 Å². The summed E-state index contributed by atoms with van der Waals surface area (Å²) in [5.74, 6) is 0. The molecule has 276 valence electrons. The average Bonchev–Trinajstić information content (AvgIpc) is 3.56. The Labute approximate surface area is 331 Å². The molecule has 0 saturated carbocycles. The van der Waals surface area contributed by atoms with E-state index >= 15 is 0 Å². The summed E-state index contributed by atoms with van der Waals surface area (Å²) in [6.07, 6.45) is 0. The largest absolute Gasteiger partial charge is 0.454 e. The Morgan fingerprint density at radius 2 is 1.09 bits per heavy atom. The molecule has 0 aliphatic carbocycles. The molecular formula is C52H49BN2O. The predicted molar refractivity (Wildman–Crippen MR) is 241 cm³/mol. The highest BCUT2D eigenvalue weighted by Gasteiger charge is 2.47. The molecular weight excluding hydrogens is 679 g/mol. The first-order valence-electron chi connectivity index (χ1n) is 20.1. The lowest BCUT2D eigenvalue weighted by molar-refractivity contribution is 0.590. The molecule has 7 aromatic carbocycles. The van der Waals surface area contributed by atoms with Gasteiger partial charge in [0.2, 0.25) is 0 Å². The fourth-order valence-electron chi connectivity index (χ4n) is 9.23. The van der Waals surface area contributed by atoms with Crippen LogP contribution in [0.15, 0.2) is 138 Å². The molecule has 2 aliphatic rings. The Morgan fingerprint density at radius 3 is 1.75 bits per heavy atom. The van der Waals surface area contributed by atoms with Crippen LogP contribution in [0.4, 0.5) is 28.4 Å². The molecule has 1 aromatic heterocycles. The second-order valence-electron chi connectivity index (χ2n) is 19.1. The lowest BCUT2D eigenvalue weighted by Crippen LogP contribution is -2.61. The first-order valence-corrected chi connectivity index (χ1v) is 20.1. The van der Waals surface area contributed by atoms with Gasteiger partial charge < -0.3 is 14.1 Å². The number of rotatable bonds is 2. The van der Waals surface area contributed by atoms with Crippen LogP contribution in [-0.2, 0) is 16.2 Å². The molecule has 0 fully saturated rings. The van der Waals surface area contributed by atoms with E-state index in [1.54, 1.807) is 0 Å². The lowest BCUT2D eigenvalue weighted by atomic mass is 9.43. The molecule has 3 heterocycles. The van der Waals surface area contributed by atoms with E-state index in [0.717, 1.165) is 33.3 Å². The van der Waals surface area contributed by atoms with Gasteiger partial charge in [-0.15, -0.1) is 0 Å². The number of benzene rings is 7. The maximum atomic E-state index is 6.99. The van der Waals surface area contributed by atoms with Crippen LogP contribution >= 0.6 is 0 Å². The zero-order valence-electron chi connectivity index (χ0n) is 34.1. The van der Waals surface area contributed by atoms with E-state index in [2.05, 4.69) is 205 Å². The summed E-state index contributed by atoms with van der Waals surface area (Å²) in [7, 11) is 0. The topological polar surface area (TPSA) is 19.6 Å². The Balaban J connectivity index is 1.37. The minimum Gasteiger partial charge on any atom is -0.454 e. The van der Waals surface area contributed by atoms with Gasteiger partial charge in [0.05, 0.1) is 5.69 Å². The summed E-state index contributed by atoms with van der Waals surface area (Å²) in [5, 5.41) is 4.76. The van der Waals surface area contributed by atoms with E-state index in [-0.39, 0.29) is 23.1 Å². The smallest absolute Gasteiger partial charge is 0.333 e. The molecule has 4 heteroatoms. The van der Waals surface area contributed by atoms with Crippen LogP contribution in [0.5, 0.6) is 0 Å². The quantitative estimate of drug-likeness (QED) is 0.165. The molecule has 0 radical (unpaired) electrons. The van der Waals surface area contributed by atoms with E-state index in [9.17, 15) is 0 Å². The van der Waals surface area contributed by atoms with Gasteiger partial charge in [-0.2, -0.15) is 0 Å². The molecule has 0 spiro atoms. The van der Waals surface area contributed by atoms with Crippen molar-refractivity contribution in [2.24, 2.45) is 0 Å². The van der Waals surface area contributed by atoms with E-state index in [1.807, 2.05) is 0 Å². The third-order valence-electron chi connectivity index (χ3n) is 12.3. The van der Waals surface area contributed by atoms with Crippen molar-refractivity contribution in [2.75, 3.05) is 9.71 Å². The summed E-state index contributed by atoms with van der Waals surface area (Å²) in [4.78, 5) is 5.14. The van der Waals surface area contributed by atoms with Crippen LogP contribution in [0.3, 0.4) is 0 Å². The molecule has 0 atom stereocenters. The van der Waals surface area contributed by atoms with Crippen molar-refractivity contribution in [1.29, 1.82) is 0 Å². The van der Waals surface area contributed by atoms with Gasteiger partial charge in [-0.1, -0.05) is 147 Å². The van der Waals surface area contributed by atoms with E-state index in [4.69, 9.17) is 4.42 Å². The molecule has 0 N–H and O–H groups in total. The molecule has 10 rings (SSSR count). The average molecular weight is 729 g/mol. The highest BCUT2D eigenvalue weighted by molar-refractivity contribution is 6.94. The van der Waals surface area contributed by atoms with Crippen molar-refractivity contribution < 1.29 is 4.42 Å². The lowest BCUT2D eigenvalue weighted by Gasteiger charge is -2.46. The summed E-state index contributed by atoms with van der Waals surface area (Å²) in [6, 6.07) is 50.3. The van der Waals surface area contributed by atoms with Crippen molar-refractivity contribution in [1.82, 2.24) is 0 Å². The van der Waals surface area contributed by atoms with Gasteiger partial charge in [0.15, 0.2) is 5.58 Å². The van der Waals surface area contributed by atoms with Crippen LogP contribution < -0.4 is 20.6 Å². The van der Waals surface area contributed by atoms with Gasteiger partial charge in [0.1, 0.15) is 5.58 Å². The zero-order valence-corrected chi connectivity index (χ0v) is 34.1. The number of fused-ring (bicyclic) bond motifs is 10. The summed E-state index contributed by atoms with van der Waals surface area (Å²) in [5.41, 5.74) is 16.8. The third kappa shape index (κ3) is 5.18. The molecule has 0 bridgehead atoms. The highest BCUT2D eigenvalue weighted by Crippen LogP contribution is 2.52. The van der Waals surface area contributed by atoms with Gasteiger partial charge in [-0.25, -0.2) is 0 Å². The minimum atomic E-state index is -0.126. The summed E-state index contributed by atoms with van der Waals surface area (Å²) < 4.78 is 6.99. The van der Waals surface area contributed by atoms with Crippen LogP contribution in [-0.4, -0.2) is 6.85 Å². The molecule has 8 aromatic rings. The second-order valence-corrected chi connectivity index (χ2v) is 19.1. The normalized spacial score (nSPS) is 14.1. The van der Waals surface area contributed by atoms with Crippen molar-refractivity contribution in [3.63, 3.8) is 0 Å². The second kappa shape index (κ2) is 11.9. The predicted octanol–water partition coefficient (Wildman–Crippen LogP) is 13.3. The number of anilines is 5. The molecule has 0 amide bonds. The first-order chi connectivity index (χ1) is 26.7. The van der Waals surface area contributed by atoms with E-state index < -0.39 is 0 Å². The van der Waals surface area contributed by atoms with E-state index in [0.29, 0.717) is 0 Å². The molecule has 0 unspecified atom stereocenters. The van der Waals surface area contributed by atoms with Crippen molar-refractivity contribution >= 4 is 78.9 Å². The van der Waals surface area contributed by atoms with Gasteiger partial charge >= 0.3 is 6.85 Å². The summed E-state index contributed by atoms with van der Waals surface area (Å²) in [6.45, 7) is 20.6. The number of hydrogen-bond donors (Lipinski definition) is 0. The third-order valence-corrected chi connectivity index (χ3v) is 12.3. The Bertz CT molecular complexity index is 2860. The minimum absolute atomic E-state index is 0.0328.